The Morgan fingerprint density at radius 2 is 1.29 bits per heavy atom. The van der Waals surface area contributed by atoms with E-state index in [1.807, 2.05) is 0 Å². The first-order valence-corrected chi connectivity index (χ1v) is 11.2. The minimum absolute atomic E-state index is 0.0484. The van der Waals surface area contributed by atoms with Crippen molar-refractivity contribution in [2.24, 2.45) is 0 Å². The van der Waals surface area contributed by atoms with Crippen LogP contribution in [-0.2, 0) is 15.9 Å². The van der Waals surface area contributed by atoms with Crippen LogP contribution in [0.5, 0.6) is 0 Å². The van der Waals surface area contributed by atoms with Crippen LogP contribution in [0.2, 0.25) is 0 Å². The van der Waals surface area contributed by atoms with Gasteiger partial charge in [0, 0.05) is 0 Å². The summed E-state index contributed by atoms with van der Waals surface area (Å²) >= 11 is -0.106. The van der Waals surface area contributed by atoms with Crippen molar-refractivity contribution in [2.45, 2.75) is 65.7 Å². The molecule has 0 aromatic rings. The van der Waals surface area contributed by atoms with E-state index in [9.17, 15) is 0 Å². The molecule has 0 saturated carbocycles. The molecule has 108 valence electrons. The van der Waals surface area contributed by atoms with Crippen LogP contribution in [0.25, 0.3) is 0 Å². The van der Waals surface area contributed by atoms with Gasteiger partial charge in [-0.1, -0.05) is 61.1 Å². The monoisotopic (exact) mass is 390 g/mol. The van der Waals surface area contributed by atoms with Gasteiger partial charge in [-0.25, -0.2) is 0 Å². The molecule has 0 unspecified atom stereocenters. The molecule has 0 aliphatic heterocycles. The van der Waals surface area contributed by atoms with Gasteiger partial charge in [0.1, 0.15) is 0 Å². The number of hydrogen-bond donors (Lipinski definition) is 0. The summed E-state index contributed by atoms with van der Waals surface area (Å²) in [6, 6.07) is 0. The first kappa shape index (κ1) is 20.7. The average Bonchev–Trinajstić information content (AvgIpc) is 1.98. The van der Waals surface area contributed by atoms with Crippen molar-refractivity contribution in [3.63, 3.8) is 0 Å². The summed E-state index contributed by atoms with van der Waals surface area (Å²) in [5.74, 6) is 0. The second-order valence-electron chi connectivity index (χ2n) is 6.28. The van der Waals surface area contributed by atoms with Crippen LogP contribution < -0.4 is 0 Å². The van der Waals surface area contributed by atoms with E-state index in [-0.39, 0.29) is 23.9 Å². The molecule has 4 heteroatoms. The minimum atomic E-state index is -0.106. The zero-order valence-corrected chi connectivity index (χ0v) is 16.3. The second kappa shape index (κ2) is 9.34. The Kier molecular flexibility index (Phi) is 11.4. The van der Waals surface area contributed by atoms with Crippen molar-refractivity contribution < 1.29 is 15.9 Å². The Bertz CT molecular complexity index is 209. The van der Waals surface area contributed by atoms with E-state index < -0.39 is 0 Å². The van der Waals surface area contributed by atoms with Crippen LogP contribution >= 0.6 is 27.0 Å². The predicted molar refractivity (Wildman–Crippen MR) is 82.4 cm³/mol. The Morgan fingerprint density at radius 1 is 1.00 bits per heavy atom. The van der Waals surface area contributed by atoms with Crippen molar-refractivity contribution in [2.75, 3.05) is 6.16 Å². The number of allylic oxidation sites excluding steroid dienone is 2. The molecule has 0 rings (SSSR count). The molecule has 0 bridgehead atoms. The summed E-state index contributed by atoms with van der Waals surface area (Å²) in [7, 11) is 9.68. The molecule has 0 nitrogen and oxygen atoms in total. The zero-order chi connectivity index (χ0) is 14.3. The first-order chi connectivity index (χ1) is 7.46. The Hall–Kier alpha value is 1.41. The topological polar surface area (TPSA) is 0 Å². The third-order valence-corrected chi connectivity index (χ3v) is 6.09. The van der Waals surface area contributed by atoms with E-state index in [0.29, 0.717) is 10.3 Å². The molecular formula is C13H27Cl2PPd. The molecular weight excluding hydrogens is 364 g/mol. The maximum absolute atomic E-state index is 4.81. The van der Waals surface area contributed by atoms with Crippen molar-refractivity contribution in [1.82, 2.24) is 0 Å². The number of rotatable bonds is 2. The van der Waals surface area contributed by atoms with Crippen molar-refractivity contribution in [3.8, 4) is 0 Å². The third kappa shape index (κ3) is 12.2. The van der Waals surface area contributed by atoms with Gasteiger partial charge in [-0.2, -0.15) is 0 Å². The fraction of sp³-hybridized carbons (Fsp3) is 0.846. The van der Waals surface area contributed by atoms with Crippen LogP contribution in [-0.4, -0.2) is 16.5 Å². The first-order valence-electron chi connectivity index (χ1n) is 5.70. The van der Waals surface area contributed by atoms with Crippen LogP contribution in [0.4, 0.5) is 0 Å². The normalized spacial score (nSPS) is 12.2. The molecule has 0 spiro atoms. The number of hydrogen-bond acceptors (Lipinski definition) is 0. The van der Waals surface area contributed by atoms with E-state index in [0.717, 1.165) is 0 Å². The van der Waals surface area contributed by atoms with Gasteiger partial charge < -0.3 is 0 Å². The van der Waals surface area contributed by atoms with E-state index in [2.05, 4.69) is 61.5 Å². The molecule has 0 radical (unpaired) electrons. The van der Waals surface area contributed by atoms with Gasteiger partial charge in [-0.05, 0) is 30.3 Å². The van der Waals surface area contributed by atoms with Crippen LogP contribution in [0.1, 0.15) is 55.4 Å². The summed E-state index contributed by atoms with van der Waals surface area (Å²) in [5, 5.41) is 0.916. The van der Waals surface area contributed by atoms with Crippen molar-refractivity contribution in [1.29, 1.82) is 0 Å². The molecule has 0 aliphatic rings. The van der Waals surface area contributed by atoms with E-state index >= 15 is 0 Å². The van der Waals surface area contributed by atoms with Gasteiger partial charge >= 0.3 is 35.0 Å². The molecule has 0 aromatic carbocycles. The van der Waals surface area contributed by atoms with Crippen molar-refractivity contribution >= 4 is 27.0 Å². The van der Waals surface area contributed by atoms with E-state index in [4.69, 9.17) is 19.1 Å². The van der Waals surface area contributed by atoms with E-state index in [1.54, 1.807) is 0 Å². The fourth-order valence-electron chi connectivity index (χ4n) is 1.83. The molecule has 0 aromatic heterocycles. The fourth-order valence-corrected chi connectivity index (χ4v) is 5.48. The molecule has 0 atom stereocenters. The third-order valence-electron chi connectivity index (χ3n) is 2.30. The quantitative estimate of drug-likeness (QED) is 0.290. The molecule has 0 amide bonds. The Morgan fingerprint density at radius 3 is 1.47 bits per heavy atom. The summed E-state index contributed by atoms with van der Waals surface area (Å²) < 4.78 is 0. The van der Waals surface area contributed by atoms with Crippen LogP contribution in [0, 0.1) is 0 Å². The SMILES string of the molecule is CC(C)=CCP(C(C)(C)C)C(C)(C)C.[Cl][Pd][Cl]. The molecule has 17 heavy (non-hydrogen) atoms. The standard InChI is InChI=1S/C13H27P.2ClH.Pd/c1-11(2)9-10-14(12(3,4)5)13(6,7)8;;;/h9H,10H2,1-8H3;2*1H;/q;;;+2/p-2. The van der Waals surface area contributed by atoms with Crippen molar-refractivity contribution in [3.05, 3.63) is 11.6 Å². The van der Waals surface area contributed by atoms with Crippen LogP contribution in [0.15, 0.2) is 11.6 Å². The van der Waals surface area contributed by atoms with Gasteiger partial charge in [0.25, 0.3) is 0 Å². The van der Waals surface area contributed by atoms with Gasteiger partial charge in [0.05, 0.1) is 0 Å². The zero-order valence-electron chi connectivity index (χ0n) is 12.3. The summed E-state index contributed by atoms with van der Waals surface area (Å²) in [6.07, 6.45) is 3.67. The molecule has 0 N–H and O–H groups in total. The van der Waals surface area contributed by atoms with Crippen LogP contribution in [0.3, 0.4) is 0 Å². The van der Waals surface area contributed by atoms with Gasteiger partial charge in [0.2, 0.25) is 0 Å². The predicted octanol–water partition coefficient (Wildman–Crippen LogP) is 6.41. The average molecular weight is 392 g/mol. The molecule has 0 saturated heterocycles. The van der Waals surface area contributed by atoms with Gasteiger partial charge in [-0.3, -0.25) is 0 Å². The molecule has 0 aliphatic carbocycles. The Balaban J connectivity index is 0. The Labute approximate surface area is 126 Å². The maximum atomic E-state index is 4.81. The number of halogens is 2. The van der Waals surface area contributed by atoms with Gasteiger partial charge in [-0.15, -0.1) is 0 Å². The van der Waals surface area contributed by atoms with E-state index in [1.165, 1.54) is 11.7 Å². The second-order valence-corrected chi connectivity index (χ2v) is 12.5. The molecule has 0 heterocycles. The summed E-state index contributed by atoms with van der Waals surface area (Å²) in [4.78, 5) is 0. The van der Waals surface area contributed by atoms with Gasteiger partial charge in [0.15, 0.2) is 0 Å². The molecule has 0 fully saturated rings. The summed E-state index contributed by atoms with van der Waals surface area (Å²) in [5.41, 5.74) is 1.45. The summed E-state index contributed by atoms with van der Waals surface area (Å²) in [6.45, 7) is 18.7.